The van der Waals surface area contributed by atoms with Crippen LogP contribution in [0.5, 0.6) is 0 Å². The molecule has 24 heavy (non-hydrogen) atoms. The van der Waals surface area contributed by atoms with Gasteiger partial charge in [0.05, 0.1) is 11.7 Å². The molecule has 128 valence electrons. The summed E-state index contributed by atoms with van der Waals surface area (Å²) in [5.41, 5.74) is 2.83. The van der Waals surface area contributed by atoms with Gasteiger partial charge < -0.3 is 14.8 Å². The van der Waals surface area contributed by atoms with Gasteiger partial charge in [0.2, 0.25) is 5.56 Å². The molecule has 0 aliphatic rings. The number of urea groups is 1. The van der Waals surface area contributed by atoms with E-state index in [2.05, 4.69) is 43.4 Å². The fourth-order valence-electron chi connectivity index (χ4n) is 2.79. The quantitative estimate of drug-likeness (QED) is 0.910. The van der Waals surface area contributed by atoms with Gasteiger partial charge in [-0.3, -0.25) is 4.79 Å². The van der Waals surface area contributed by atoms with Crippen LogP contribution in [0.2, 0.25) is 0 Å². The Morgan fingerprint density at radius 3 is 2.38 bits per heavy atom. The van der Waals surface area contributed by atoms with Crippen molar-refractivity contribution in [3.63, 3.8) is 0 Å². The first-order valence-electron chi connectivity index (χ1n) is 8.27. The second-order valence-corrected chi connectivity index (χ2v) is 5.92. The molecule has 0 unspecified atom stereocenters. The number of aryl methyl sites for hydroxylation is 2. The smallest absolute Gasteiger partial charge is 0.318 e. The highest BCUT2D eigenvalue weighted by molar-refractivity contribution is 5.89. The number of nitrogens with one attached hydrogen (secondary N) is 1. The molecule has 1 aromatic carbocycles. The lowest BCUT2D eigenvalue weighted by molar-refractivity contribution is 0.190. The molecule has 2 amide bonds. The topological polar surface area (TPSA) is 54.3 Å². The van der Waals surface area contributed by atoms with Gasteiger partial charge in [0, 0.05) is 25.9 Å². The molecule has 2 rings (SSSR count). The summed E-state index contributed by atoms with van der Waals surface area (Å²) in [5.74, 6) is 0. The Labute approximate surface area is 142 Å². The number of carbonyl (C=O) groups is 1. The van der Waals surface area contributed by atoms with E-state index in [-0.39, 0.29) is 17.6 Å². The number of anilines is 1. The Bertz CT molecular complexity index is 750. The van der Waals surface area contributed by atoms with E-state index in [1.165, 1.54) is 16.2 Å². The summed E-state index contributed by atoms with van der Waals surface area (Å²) in [6.45, 7) is 6.70. The van der Waals surface area contributed by atoms with Crippen molar-refractivity contribution in [1.82, 2.24) is 9.47 Å². The van der Waals surface area contributed by atoms with Gasteiger partial charge in [0.15, 0.2) is 0 Å². The third-order valence-electron chi connectivity index (χ3n) is 4.16. The van der Waals surface area contributed by atoms with Crippen LogP contribution in [0.3, 0.4) is 0 Å². The number of benzene rings is 1. The molecule has 2 aromatic rings. The summed E-state index contributed by atoms with van der Waals surface area (Å²) < 4.78 is 1.45. The number of hydrogen-bond donors (Lipinski definition) is 1. The van der Waals surface area contributed by atoms with Crippen LogP contribution in [0.1, 0.15) is 37.4 Å². The van der Waals surface area contributed by atoms with Crippen LogP contribution in [0, 0.1) is 6.92 Å². The average Bonchev–Trinajstić information content (AvgIpc) is 2.57. The number of aromatic nitrogens is 1. The van der Waals surface area contributed by atoms with E-state index in [4.69, 9.17) is 0 Å². The summed E-state index contributed by atoms with van der Waals surface area (Å²) in [4.78, 5) is 26.0. The molecule has 0 saturated heterocycles. The molecule has 1 heterocycles. The fraction of sp³-hybridized carbons (Fsp3) is 0.368. The number of rotatable bonds is 5. The summed E-state index contributed by atoms with van der Waals surface area (Å²) in [6.07, 6.45) is 2.46. The zero-order valence-electron chi connectivity index (χ0n) is 14.7. The van der Waals surface area contributed by atoms with Gasteiger partial charge in [-0.25, -0.2) is 4.79 Å². The first-order valence-corrected chi connectivity index (χ1v) is 8.27. The van der Waals surface area contributed by atoms with Crippen LogP contribution in [0.4, 0.5) is 10.5 Å². The lowest BCUT2D eigenvalue weighted by Gasteiger charge is -2.30. The highest BCUT2D eigenvalue weighted by atomic mass is 16.2. The monoisotopic (exact) mass is 327 g/mol. The lowest BCUT2D eigenvalue weighted by Crippen LogP contribution is -2.38. The van der Waals surface area contributed by atoms with E-state index in [1.54, 1.807) is 19.3 Å². The van der Waals surface area contributed by atoms with E-state index in [0.29, 0.717) is 12.2 Å². The second kappa shape index (κ2) is 7.81. The first-order chi connectivity index (χ1) is 11.5. The Kier molecular flexibility index (Phi) is 5.79. The van der Waals surface area contributed by atoms with Crippen LogP contribution in [0.15, 0.2) is 47.4 Å². The van der Waals surface area contributed by atoms with Gasteiger partial charge in [-0.15, -0.1) is 0 Å². The minimum absolute atomic E-state index is 0.0168. The normalized spacial score (nSPS) is 11.8. The van der Waals surface area contributed by atoms with E-state index >= 15 is 0 Å². The van der Waals surface area contributed by atoms with Crippen molar-refractivity contribution in [2.75, 3.05) is 11.9 Å². The number of carbonyl (C=O) groups excluding carboxylic acids is 1. The second-order valence-electron chi connectivity index (χ2n) is 5.92. The van der Waals surface area contributed by atoms with Crippen molar-refractivity contribution < 1.29 is 4.79 Å². The summed E-state index contributed by atoms with van der Waals surface area (Å²) in [7, 11) is 1.66. The molecular weight excluding hydrogens is 302 g/mol. The largest absolute Gasteiger partial charge is 0.322 e. The van der Waals surface area contributed by atoms with Crippen LogP contribution in [-0.2, 0) is 7.05 Å². The molecular formula is C19H25N3O2. The first kappa shape index (κ1) is 17.8. The molecule has 1 N–H and O–H groups in total. The van der Waals surface area contributed by atoms with E-state index < -0.39 is 0 Å². The predicted molar refractivity (Wildman–Crippen MR) is 97.3 cm³/mol. The lowest BCUT2D eigenvalue weighted by atomic mass is 10.0. The molecule has 0 aliphatic carbocycles. The molecule has 0 bridgehead atoms. The van der Waals surface area contributed by atoms with E-state index in [0.717, 1.165) is 12.0 Å². The number of hydrogen-bond acceptors (Lipinski definition) is 2. The minimum Gasteiger partial charge on any atom is -0.318 e. The van der Waals surface area contributed by atoms with Gasteiger partial charge >= 0.3 is 6.03 Å². The maximum Gasteiger partial charge on any atom is 0.322 e. The Morgan fingerprint density at radius 2 is 1.83 bits per heavy atom. The highest BCUT2D eigenvalue weighted by Gasteiger charge is 2.22. The number of pyridine rings is 1. The average molecular weight is 327 g/mol. The van der Waals surface area contributed by atoms with Crippen LogP contribution in [-0.4, -0.2) is 22.0 Å². The predicted octanol–water partition coefficient (Wildman–Crippen LogP) is 3.70. The maximum absolute atomic E-state index is 12.7. The number of amides is 2. The summed E-state index contributed by atoms with van der Waals surface area (Å²) in [6, 6.07) is 11.2. The van der Waals surface area contributed by atoms with Crippen molar-refractivity contribution >= 4 is 11.7 Å². The maximum atomic E-state index is 12.7. The summed E-state index contributed by atoms with van der Waals surface area (Å²) in [5, 5.41) is 2.88. The Morgan fingerprint density at radius 1 is 1.17 bits per heavy atom. The van der Waals surface area contributed by atoms with Crippen molar-refractivity contribution in [1.29, 1.82) is 0 Å². The van der Waals surface area contributed by atoms with Gasteiger partial charge in [0.1, 0.15) is 0 Å². The molecule has 1 aromatic heterocycles. The molecule has 0 fully saturated rings. The zero-order valence-corrected chi connectivity index (χ0v) is 14.7. The van der Waals surface area contributed by atoms with E-state index in [9.17, 15) is 9.59 Å². The van der Waals surface area contributed by atoms with Gasteiger partial charge in [-0.05, 0) is 31.9 Å². The van der Waals surface area contributed by atoms with Crippen molar-refractivity contribution in [3.05, 3.63) is 64.1 Å². The molecule has 0 spiro atoms. The van der Waals surface area contributed by atoms with Gasteiger partial charge in [-0.1, -0.05) is 36.8 Å². The van der Waals surface area contributed by atoms with Gasteiger partial charge in [0.25, 0.3) is 0 Å². The summed E-state index contributed by atoms with van der Waals surface area (Å²) >= 11 is 0. The van der Waals surface area contributed by atoms with Gasteiger partial charge in [-0.2, -0.15) is 0 Å². The Balaban J connectivity index is 2.21. The zero-order chi connectivity index (χ0) is 17.7. The van der Waals surface area contributed by atoms with Crippen LogP contribution >= 0.6 is 0 Å². The SMILES string of the molecule is CC[C@H](c1ccc(C)cc1)N(CC)C(=O)Nc1ccc(=O)n(C)c1. The fourth-order valence-corrected chi connectivity index (χ4v) is 2.79. The Hall–Kier alpha value is -2.56. The van der Waals surface area contributed by atoms with Crippen LogP contribution in [0.25, 0.3) is 0 Å². The number of nitrogens with zero attached hydrogens (tertiary/aromatic N) is 2. The molecule has 5 nitrogen and oxygen atoms in total. The van der Waals surface area contributed by atoms with Crippen molar-refractivity contribution in [2.45, 2.75) is 33.2 Å². The van der Waals surface area contributed by atoms with Crippen molar-refractivity contribution in [2.24, 2.45) is 7.05 Å². The molecule has 0 aliphatic heterocycles. The van der Waals surface area contributed by atoms with Crippen molar-refractivity contribution in [3.8, 4) is 0 Å². The third kappa shape index (κ3) is 4.04. The molecule has 5 heteroatoms. The highest BCUT2D eigenvalue weighted by Crippen LogP contribution is 2.25. The van der Waals surface area contributed by atoms with E-state index in [1.807, 2.05) is 11.8 Å². The van der Waals surface area contributed by atoms with Crippen LogP contribution < -0.4 is 10.9 Å². The third-order valence-corrected chi connectivity index (χ3v) is 4.16. The minimum atomic E-state index is -0.163. The molecule has 0 saturated carbocycles. The standard InChI is InChI=1S/C19H25N3O2/c1-5-17(15-9-7-14(3)8-10-15)22(6-2)19(24)20-16-11-12-18(23)21(4)13-16/h7-13,17H,5-6H2,1-4H3,(H,20,24)/t17-/m1/s1. The molecule has 0 radical (unpaired) electrons. The molecule has 1 atom stereocenters.